The standard InChI is InChI=1S/C17H17FO2/c1-11-4-7-16(13(3)19)17(8-11)20-10-14-9-15(18)6-5-12(14)2/h4-9H,10H2,1-3H3. The Morgan fingerprint density at radius 2 is 1.90 bits per heavy atom. The van der Waals surface area contributed by atoms with Crippen molar-refractivity contribution < 1.29 is 13.9 Å². The number of rotatable bonds is 4. The van der Waals surface area contributed by atoms with Crippen molar-refractivity contribution in [2.75, 3.05) is 0 Å². The molecule has 0 aliphatic carbocycles. The van der Waals surface area contributed by atoms with Crippen molar-refractivity contribution >= 4 is 5.78 Å². The van der Waals surface area contributed by atoms with E-state index in [1.165, 1.54) is 19.1 Å². The summed E-state index contributed by atoms with van der Waals surface area (Å²) in [7, 11) is 0. The molecule has 0 saturated heterocycles. The van der Waals surface area contributed by atoms with Gasteiger partial charge in [-0.2, -0.15) is 0 Å². The van der Waals surface area contributed by atoms with Gasteiger partial charge in [0.25, 0.3) is 0 Å². The van der Waals surface area contributed by atoms with Gasteiger partial charge in [0.1, 0.15) is 18.2 Å². The zero-order valence-electron chi connectivity index (χ0n) is 11.9. The number of carbonyl (C=O) groups excluding carboxylic acids is 1. The quantitative estimate of drug-likeness (QED) is 0.779. The molecule has 0 heterocycles. The maximum Gasteiger partial charge on any atom is 0.163 e. The summed E-state index contributed by atoms with van der Waals surface area (Å²) in [4.78, 5) is 11.6. The van der Waals surface area contributed by atoms with Crippen LogP contribution in [0.4, 0.5) is 4.39 Å². The molecule has 2 aromatic carbocycles. The molecule has 2 nitrogen and oxygen atoms in total. The number of hydrogen-bond donors (Lipinski definition) is 0. The number of Topliss-reactive ketones (excluding diaryl/α,β-unsaturated/α-hetero) is 1. The first-order valence-electron chi connectivity index (χ1n) is 6.47. The van der Waals surface area contributed by atoms with E-state index in [1.54, 1.807) is 12.1 Å². The Balaban J connectivity index is 2.24. The molecule has 0 unspecified atom stereocenters. The first-order valence-corrected chi connectivity index (χ1v) is 6.47. The summed E-state index contributed by atoms with van der Waals surface area (Å²) in [5.74, 6) is 0.211. The van der Waals surface area contributed by atoms with E-state index in [0.717, 1.165) is 16.7 Å². The zero-order valence-corrected chi connectivity index (χ0v) is 11.9. The van der Waals surface area contributed by atoms with Gasteiger partial charge in [-0.1, -0.05) is 12.1 Å². The van der Waals surface area contributed by atoms with Crippen LogP contribution in [-0.2, 0) is 6.61 Å². The van der Waals surface area contributed by atoms with E-state index >= 15 is 0 Å². The fourth-order valence-electron chi connectivity index (χ4n) is 1.99. The highest BCUT2D eigenvalue weighted by Crippen LogP contribution is 2.23. The predicted octanol–water partition coefficient (Wildman–Crippen LogP) is 4.22. The number of benzene rings is 2. The van der Waals surface area contributed by atoms with Gasteiger partial charge in [-0.05, 0) is 61.7 Å². The van der Waals surface area contributed by atoms with E-state index in [1.807, 2.05) is 26.0 Å². The minimum Gasteiger partial charge on any atom is -0.488 e. The van der Waals surface area contributed by atoms with Crippen molar-refractivity contribution in [1.29, 1.82) is 0 Å². The van der Waals surface area contributed by atoms with Crippen LogP contribution in [0.2, 0.25) is 0 Å². The van der Waals surface area contributed by atoms with Crippen LogP contribution in [-0.4, -0.2) is 5.78 Å². The van der Waals surface area contributed by atoms with E-state index in [9.17, 15) is 9.18 Å². The number of hydrogen-bond acceptors (Lipinski definition) is 2. The van der Waals surface area contributed by atoms with Crippen molar-refractivity contribution in [2.24, 2.45) is 0 Å². The average Bonchev–Trinajstić information content (AvgIpc) is 2.39. The number of aryl methyl sites for hydroxylation is 2. The average molecular weight is 272 g/mol. The van der Waals surface area contributed by atoms with Gasteiger partial charge in [0, 0.05) is 0 Å². The lowest BCUT2D eigenvalue weighted by atomic mass is 10.1. The normalized spacial score (nSPS) is 10.4. The number of ketones is 1. The van der Waals surface area contributed by atoms with Gasteiger partial charge >= 0.3 is 0 Å². The first-order chi connectivity index (χ1) is 9.47. The molecule has 0 fully saturated rings. The zero-order chi connectivity index (χ0) is 14.7. The lowest BCUT2D eigenvalue weighted by Crippen LogP contribution is -2.03. The van der Waals surface area contributed by atoms with E-state index in [2.05, 4.69) is 0 Å². The largest absolute Gasteiger partial charge is 0.488 e. The summed E-state index contributed by atoms with van der Waals surface area (Å²) in [6.45, 7) is 5.59. The molecule has 0 radical (unpaired) electrons. The van der Waals surface area contributed by atoms with Crippen LogP contribution >= 0.6 is 0 Å². The summed E-state index contributed by atoms with van der Waals surface area (Å²) < 4.78 is 18.9. The second-order valence-electron chi connectivity index (χ2n) is 4.92. The lowest BCUT2D eigenvalue weighted by molar-refractivity contribution is 0.101. The van der Waals surface area contributed by atoms with Crippen LogP contribution in [0.15, 0.2) is 36.4 Å². The third-order valence-corrected chi connectivity index (χ3v) is 3.21. The molecule has 0 aliphatic heterocycles. The van der Waals surface area contributed by atoms with Crippen LogP contribution in [0.3, 0.4) is 0 Å². The van der Waals surface area contributed by atoms with Crippen LogP contribution < -0.4 is 4.74 Å². The fourth-order valence-corrected chi connectivity index (χ4v) is 1.99. The summed E-state index contributed by atoms with van der Waals surface area (Å²) >= 11 is 0. The molecule has 20 heavy (non-hydrogen) atoms. The minimum atomic E-state index is -0.287. The SMILES string of the molecule is CC(=O)c1ccc(C)cc1OCc1cc(F)ccc1C. The number of ether oxygens (including phenoxy) is 1. The molecule has 2 rings (SSSR count). The van der Waals surface area contributed by atoms with Crippen LogP contribution in [0.1, 0.15) is 34.0 Å². The highest BCUT2D eigenvalue weighted by molar-refractivity contribution is 5.96. The van der Waals surface area contributed by atoms with Crippen LogP contribution in [0.5, 0.6) is 5.75 Å². The molecule has 104 valence electrons. The summed E-state index contributed by atoms with van der Waals surface area (Å²) in [6, 6.07) is 10.1. The van der Waals surface area contributed by atoms with Crippen molar-refractivity contribution in [3.8, 4) is 5.75 Å². The van der Waals surface area contributed by atoms with Gasteiger partial charge in [-0.25, -0.2) is 4.39 Å². The Bertz CT molecular complexity index is 647. The van der Waals surface area contributed by atoms with Gasteiger partial charge in [0.15, 0.2) is 5.78 Å². The van der Waals surface area contributed by atoms with Gasteiger partial charge in [-0.3, -0.25) is 4.79 Å². The van der Waals surface area contributed by atoms with Crippen molar-refractivity contribution in [2.45, 2.75) is 27.4 Å². The molecular weight excluding hydrogens is 255 g/mol. The Hall–Kier alpha value is -2.16. The second kappa shape index (κ2) is 5.87. The van der Waals surface area contributed by atoms with E-state index < -0.39 is 0 Å². The molecule has 0 aliphatic rings. The second-order valence-corrected chi connectivity index (χ2v) is 4.92. The highest BCUT2D eigenvalue weighted by atomic mass is 19.1. The van der Waals surface area contributed by atoms with E-state index in [4.69, 9.17) is 4.74 Å². The molecule has 2 aromatic rings. The van der Waals surface area contributed by atoms with Gasteiger partial charge < -0.3 is 4.74 Å². The van der Waals surface area contributed by atoms with Crippen molar-refractivity contribution in [1.82, 2.24) is 0 Å². The van der Waals surface area contributed by atoms with Crippen LogP contribution in [0, 0.1) is 19.7 Å². The molecule has 0 aromatic heterocycles. The molecule has 0 spiro atoms. The van der Waals surface area contributed by atoms with Gasteiger partial charge in [0.2, 0.25) is 0 Å². The third kappa shape index (κ3) is 3.23. The maximum absolute atomic E-state index is 13.2. The Labute approximate surface area is 118 Å². The van der Waals surface area contributed by atoms with Gasteiger partial charge in [-0.15, -0.1) is 0 Å². The highest BCUT2D eigenvalue weighted by Gasteiger charge is 2.09. The summed E-state index contributed by atoms with van der Waals surface area (Å²) in [6.07, 6.45) is 0. The predicted molar refractivity (Wildman–Crippen MR) is 76.7 cm³/mol. The molecule has 0 amide bonds. The first kappa shape index (κ1) is 14.3. The third-order valence-electron chi connectivity index (χ3n) is 3.21. The van der Waals surface area contributed by atoms with Crippen molar-refractivity contribution in [3.63, 3.8) is 0 Å². The molecule has 0 atom stereocenters. The summed E-state index contributed by atoms with van der Waals surface area (Å²) in [5, 5.41) is 0. The molecule has 0 N–H and O–H groups in total. The molecular formula is C17H17FO2. The molecule has 0 saturated carbocycles. The molecule has 3 heteroatoms. The lowest BCUT2D eigenvalue weighted by Gasteiger charge is -2.12. The Kier molecular flexibility index (Phi) is 4.18. The fraction of sp³-hybridized carbons (Fsp3) is 0.235. The van der Waals surface area contributed by atoms with Crippen LogP contribution in [0.25, 0.3) is 0 Å². The molecule has 0 bridgehead atoms. The monoisotopic (exact) mass is 272 g/mol. The summed E-state index contributed by atoms with van der Waals surface area (Å²) in [5.41, 5.74) is 3.30. The van der Waals surface area contributed by atoms with Crippen molar-refractivity contribution in [3.05, 3.63) is 64.5 Å². The topological polar surface area (TPSA) is 26.3 Å². The van der Waals surface area contributed by atoms with E-state index in [-0.39, 0.29) is 18.2 Å². The van der Waals surface area contributed by atoms with Gasteiger partial charge in [0.05, 0.1) is 5.56 Å². The smallest absolute Gasteiger partial charge is 0.163 e. The minimum absolute atomic E-state index is 0.0454. The Morgan fingerprint density at radius 3 is 2.60 bits per heavy atom. The van der Waals surface area contributed by atoms with E-state index in [0.29, 0.717) is 11.3 Å². The number of carbonyl (C=O) groups is 1. The number of halogens is 1. The Morgan fingerprint density at radius 1 is 1.15 bits per heavy atom. The maximum atomic E-state index is 13.2.